The van der Waals surface area contributed by atoms with E-state index in [0.29, 0.717) is 17.8 Å². The van der Waals surface area contributed by atoms with Gasteiger partial charge in [0.25, 0.3) is 5.91 Å². The maximum Gasteiger partial charge on any atom is 0.253 e. The first-order valence-electron chi connectivity index (χ1n) is 15.2. The molecule has 0 spiro atoms. The van der Waals surface area contributed by atoms with Crippen molar-refractivity contribution in [1.82, 2.24) is 15.1 Å². The third kappa shape index (κ3) is 14.3. The topological polar surface area (TPSA) is 55.8 Å². The molecule has 2 aliphatic rings. The molecule has 5 heteroatoms. The fraction of sp³-hybridized carbons (Fsp3) is 0.432. The molecule has 1 fully saturated rings. The number of benzene rings is 1. The highest BCUT2D eigenvalue weighted by Gasteiger charge is 2.22. The summed E-state index contributed by atoms with van der Waals surface area (Å²) < 4.78 is 0. The summed E-state index contributed by atoms with van der Waals surface area (Å²) in [5.74, 6) is 0.458. The third-order valence-electron chi connectivity index (χ3n) is 6.93. The number of rotatable bonds is 9. The van der Waals surface area contributed by atoms with Crippen LogP contribution in [0.5, 0.6) is 5.75 Å². The van der Waals surface area contributed by atoms with Crippen LogP contribution >= 0.6 is 0 Å². The van der Waals surface area contributed by atoms with Crippen LogP contribution in [0, 0.1) is 12.8 Å². The second-order valence-corrected chi connectivity index (χ2v) is 9.87. The molecular formula is C37H55N3O2. The van der Waals surface area contributed by atoms with Crippen LogP contribution in [0.4, 0.5) is 0 Å². The lowest BCUT2D eigenvalue weighted by Gasteiger charge is -2.37. The van der Waals surface area contributed by atoms with Gasteiger partial charge >= 0.3 is 0 Å². The number of hydrogen-bond donors (Lipinski definition) is 2. The van der Waals surface area contributed by atoms with Crippen LogP contribution in [0.2, 0.25) is 0 Å². The zero-order valence-corrected chi connectivity index (χ0v) is 27.1. The Labute approximate surface area is 257 Å². The highest BCUT2D eigenvalue weighted by Crippen LogP contribution is 2.20. The van der Waals surface area contributed by atoms with Gasteiger partial charge in [-0.3, -0.25) is 9.69 Å². The fourth-order valence-corrected chi connectivity index (χ4v) is 4.49. The molecule has 0 saturated carbocycles. The molecule has 0 bridgehead atoms. The Morgan fingerprint density at radius 1 is 1.12 bits per heavy atom. The molecule has 230 valence electrons. The molecule has 2 N–H and O–H groups in total. The van der Waals surface area contributed by atoms with E-state index >= 15 is 0 Å². The van der Waals surface area contributed by atoms with Crippen molar-refractivity contribution >= 4 is 5.91 Å². The summed E-state index contributed by atoms with van der Waals surface area (Å²) in [5, 5.41) is 12.7. The molecule has 1 aliphatic heterocycles. The van der Waals surface area contributed by atoms with E-state index in [-0.39, 0.29) is 5.91 Å². The Morgan fingerprint density at radius 3 is 2.33 bits per heavy atom. The fourth-order valence-electron chi connectivity index (χ4n) is 4.49. The van der Waals surface area contributed by atoms with Gasteiger partial charge in [-0.25, -0.2) is 0 Å². The number of nitrogens with zero attached hydrogens (tertiary/aromatic N) is 2. The molecule has 0 radical (unpaired) electrons. The number of carbonyl (C=O) groups is 1. The van der Waals surface area contributed by atoms with E-state index in [1.54, 1.807) is 18.2 Å². The van der Waals surface area contributed by atoms with E-state index in [4.69, 9.17) is 0 Å². The summed E-state index contributed by atoms with van der Waals surface area (Å²) in [6.07, 6.45) is 25.8. The molecule has 0 unspecified atom stereocenters. The number of phenols is 1. The summed E-state index contributed by atoms with van der Waals surface area (Å²) >= 11 is 0. The van der Waals surface area contributed by atoms with Crippen molar-refractivity contribution in [1.29, 1.82) is 0 Å². The second-order valence-electron chi connectivity index (χ2n) is 9.87. The number of carbonyl (C=O) groups excluding carboxylic acids is 1. The molecule has 1 amide bonds. The molecule has 3 rings (SSSR count). The van der Waals surface area contributed by atoms with Gasteiger partial charge in [-0.15, -0.1) is 12.8 Å². The molecule has 1 saturated heterocycles. The molecule has 1 aromatic carbocycles. The van der Waals surface area contributed by atoms with Crippen LogP contribution in [0.1, 0.15) is 66.9 Å². The predicted molar refractivity (Wildman–Crippen MR) is 182 cm³/mol. The van der Waals surface area contributed by atoms with Gasteiger partial charge in [0.15, 0.2) is 0 Å². The number of hydrogen-bond acceptors (Lipinski definition) is 4. The van der Waals surface area contributed by atoms with Crippen molar-refractivity contribution in [2.45, 2.75) is 79.9 Å². The lowest BCUT2D eigenvalue weighted by molar-refractivity contribution is -0.126. The van der Waals surface area contributed by atoms with E-state index in [9.17, 15) is 9.90 Å². The van der Waals surface area contributed by atoms with Crippen molar-refractivity contribution in [3.63, 3.8) is 0 Å². The van der Waals surface area contributed by atoms with E-state index in [2.05, 4.69) is 67.8 Å². The van der Waals surface area contributed by atoms with E-state index < -0.39 is 0 Å². The standard InChI is InChI=1S/C20H27NO.C13H20N2O.C2H6.C2H2/c1-5-9-11-17(6-2)16-18-12-10-13-19(15-14-18)20(22)21(7-3)8-4;1-10-8-15(11(2)7-14-10)9-12-3-5-13(16)6-4-12;2*1-2/h5-6,9,11-15H,1,7-8,10,16H2,2-4H3;3-6,10-11,14,16H,7-9H2,1-2H3;1-2H3;1-2H/b11-9-,17-6+;;;/t;10-,11+;;/m.0../s1. The van der Waals surface area contributed by atoms with E-state index in [1.807, 2.05) is 69.9 Å². The Morgan fingerprint density at radius 2 is 1.76 bits per heavy atom. The maximum absolute atomic E-state index is 12.4. The van der Waals surface area contributed by atoms with Gasteiger partial charge in [0, 0.05) is 50.4 Å². The number of amides is 1. The number of terminal acetylenes is 1. The highest BCUT2D eigenvalue weighted by atomic mass is 16.3. The SMILES string of the molecule is C#C.C=C/C=C\C(=C/C)CC1=CCC=C(C(=O)N(CC)CC)C=C1.CC.C[C@@H]1CN[C@@H](C)CN1Cc1ccc(O)cc1. The summed E-state index contributed by atoms with van der Waals surface area (Å²) in [4.78, 5) is 16.7. The van der Waals surface area contributed by atoms with E-state index in [1.165, 1.54) is 16.7 Å². The van der Waals surface area contributed by atoms with Crippen molar-refractivity contribution in [3.8, 4) is 18.6 Å². The predicted octanol–water partition coefficient (Wildman–Crippen LogP) is 7.60. The molecule has 0 aromatic heterocycles. The van der Waals surface area contributed by atoms with Crippen LogP contribution in [0.25, 0.3) is 0 Å². The third-order valence-corrected chi connectivity index (χ3v) is 6.93. The Balaban J connectivity index is 0.000000740. The first-order chi connectivity index (χ1) is 20.3. The number of phenolic OH excluding ortho intramolecular Hbond substituents is 1. The second kappa shape index (κ2) is 23.0. The van der Waals surface area contributed by atoms with Crippen molar-refractivity contribution in [3.05, 3.63) is 102 Å². The minimum absolute atomic E-state index is 0.119. The van der Waals surface area contributed by atoms with Crippen LogP contribution in [0.15, 0.2) is 96.2 Å². The summed E-state index contributed by atoms with van der Waals surface area (Å²) in [5.41, 5.74) is 4.53. The van der Waals surface area contributed by atoms with Crippen molar-refractivity contribution < 1.29 is 9.90 Å². The minimum Gasteiger partial charge on any atom is -0.508 e. The average molecular weight is 574 g/mol. The van der Waals surface area contributed by atoms with Gasteiger partial charge in [0.1, 0.15) is 5.75 Å². The Hall–Kier alpha value is -3.59. The number of allylic oxidation sites excluding steroid dienone is 9. The van der Waals surface area contributed by atoms with Crippen LogP contribution in [0.3, 0.4) is 0 Å². The van der Waals surface area contributed by atoms with Gasteiger partial charge in [-0.2, -0.15) is 0 Å². The smallest absolute Gasteiger partial charge is 0.253 e. The largest absolute Gasteiger partial charge is 0.508 e. The lowest BCUT2D eigenvalue weighted by Crippen LogP contribution is -2.53. The molecule has 5 nitrogen and oxygen atoms in total. The summed E-state index contributed by atoms with van der Waals surface area (Å²) in [6.45, 7) is 22.8. The van der Waals surface area contributed by atoms with E-state index in [0.717, 1.165) is 51.1 Å². The highest BCUT2D eigenvalue weighted by molar-refractivity contribution is 5.96. The Kier molecular flexibility index (Phi) is 21.1. The molecule has 2 atom stereocenters. The monoisotopic (exact) mass is 573 g/mol. The molecular weight excluding hydrogens is 518 g/mol. The van der Waals surface area contributed by atoms with Crippen LogP contribution < -0.4 is 5.32 Å². The summed E-state index contributed by atoms with van der Waals surface area (Å²) in [6, 6.07) is 8.64. The molecule has 1 aliphatic carbocycles. The molecule has 1 aromatic rings. The van der Waals surface area contributed by atoms with Gasteiger partial charge < -0.3 is 15.3 Å². The normalized spacial score (nSPS) is 18.5. The van der Waals surface area contributed by atoms with Crippen LogP contribution in [-0.2, 0) is 11.3 Å². The van der Waals surface area contributed by atoms with Gasteiger partial charge in [-0.1, -0.05) is 75.1 Å². The first-order valence-corrected chi connectivity index (χ1v) is 15.2. The number of nitrogens with one attached hydrogen (secondary N) is 1. The zero-order valence-electron chi connectivity index (χ0n) is 27.1. The number of piperazine rings is 1. The van der Waals surface area contributed by atoms with Gasteiger partial charge in [0.05, 0.1) is 0 Å². The quantitative estimate of drug-likeness (QED) is 0.236. The van der Waals surface area contributed by atoms with Crippen molar-refractivity contribution in [2.24, 2.45) is 0 Å². The maximum atomic E-state index is 12.4. The lowest BCUT2D eigenvalue weighted by atomic mass is 10.0. The number of likely N-dealkylation sites (N-methyl/N-ethyl adjacent to an activating group) is 1. The van der Waals surface area contributed by atoms with Gasteiger partial charge in [-0.05, 0) is 82.4 Å². The Bertz CT molecular complexity index is 1090. The zero-order chi connectivity index (χ0) is 31.9. The summed E-state index contributed by atoms with van der Waals surface area (Å²) in [7, 11) is 0. The van der Waals surface area contributed by atoms with Crippen LogP contribution in [-0.4, -0.2) is 59.1 Å². The molecule has 42 heavy (non-hydrogen) atoms. The number of aromatic hydroxyl groups is 1. The minimum atomic E-state index is 0.119. The first kappa shape index (κ1) is 38.4. The van der Waals surface area contributed by atoms with Crippen molar-refractivity contribution in [2.75, 3.05) is 26.2 Å². The average Bonchev–Trinajstić information content (AvgIpc) is 3.26. The molecule has 1 heterocycles. The van der Waals surface area contributed by atoms with Gasteiger partial charge in [0.2, 0.25) is 0 Å².